The summed E-state index contributed by atoms with van der Waals surface area (Å²) < 4.78 is 12.4. The number of piperidine rings is 1. The Bertz CT molecular complexity index is 994. The quantitative estimate of drug-likeness (QED) is 0.637. The van der Waals surface area contributed by atoms with Crippen molar-refractivity contribution < 1.29 is 14.3 Å². The first-order valence-corrected chi connectivity index (χ1v) is 11.1. The minimum atomic E-state index is 0.0305. The molecule has 2 aliphatic heterocycles. The molecule has 0 radical (unpaired) electrons. The van der Waals surface area contributed by atoms with Crippen LogP contribution in [0, 0.1) is 5.92 Å². The topological polar surface area (TPSA) is 72.2 Å². The molecule has 2 fully saturated rings. The Hall–Kier alpha value is -2.65. The van der Waals surface area contributed by atoms with Gasteiger partial charge in [0, 0.05) is 31.7 Å². The zero-order valence-corrected chi connectivity index (χ0v) is 17.8. The maximum atomic E-state index is 12.9. The molecule has 2 aliphatic rings. The van der Waals surface area contributed by atoms with Gasteiger partial charge in [-0.05, 0) is 37.1 Å². The van der Waals surface area contributed by atoms with E-state index in [1.807, 2.05) is 39.9 Å². The first kappa shape index (κ1) is 19.3. The van der Waals surface area contributed by atoms with E-state index in [9.17, 15) is 4.79 Å². The van der Waals surface area contributed by atoms with Crippen molar-refractivity contribution in [3.63, 3.8) is 0 Å². The van der Waals surface area contributed by atoms with Crippen molar-refractivity contribution in [1.29, 1.82) is 0 Å². The standard InChI is InChI=1S/C21H25N5O3S/c1-28-17-6-4-15(5-7-17)18-14-26-20(22-18)30-21(23-26)25-8-2-3-16(13-25)19(27)24-9-11-29-12-10-24/h4-7,14,16H,2-3,8-13H2,1H3. The summed E-state index contributed by atoms with van der Waals surface area (Å²) in [4.78, 5) is 22.7. The number of carbonyl (C=O) groups excluding carboxylic acids is 1. The SMILES string of the molecule is COc1ccc(-c2cn3nc(N4CCCC(C(=O)N5CCOCC5)C4)sc3n2)cc1. The molecule has 1 atom stereocenters. The van der Waals surface area contributed by atoms with Crippen LogP contribution >= 0.6 is 11.3 Å². The number of methoxy groups -OCH3 is 1. The van der Waals surface area contributed by atoms with Crippen LogP contribution in [-0.2, 0) is 9.53 Å². The lowest BCUT2D eigenvalue weighted by Crippen LogP contribution is -2.48. The third-order valence-electron chi connectivity index (χ3n) is 5.78. The Morgan fingerprint density at radius 1 is 1.20 bits per heavy atom. The summed E-state index contributed by atoms with van der Waals surface area (Å²) in [7, 11) is 1.66. The highest BCUT2D eigenvalue weighted by atomic mass is 32.1. The van der Waals surface area contributed by atoms with Crippen LogP contribution in [0.1, 0.15) is 12.8 Å². The highest BCUT2D eigenvalue weighted by Gasteiger charge is 2.31. The smallest absolute Gasteiger partial charge is 0.227 e. The Labute approximate surface area is 179 Å². The number of ether oxygens (including phenoxy) is 2. The molecule has 9 heteroatoms. The van der Waals surface area contributed by atoms with E-state index in [1.54, 1.807) is 18.4 Å². The average molecular weight is 428 g/mol. The average Bonchev–Trinajstić information content (AvgIpc) is 3.39. The number of amides is 1. The zero-order valence-electron chi connectivity index (χ0n) is 17.0. The van der Waals surface area contributed by atoms with E-state index in [0.29, 0.717) is 26.3 Å². The van der Waals surface area contributed by atoms with Crippen molar-refractivity contribution in [2.24, 2.45) is 5.92 Å². The molecule has 30 heavy (non-hydrogen) atoms. The molecule has 2 aromatic heterocycles. The Kier molecular flexibility index (Phi) is 5.30. The summed E-state index contributed by atoms with van der Waals surface area (Å²) in [5.41, 5.74) is 1.92. The molecule has 5 rings (SSSR count). The molecular formula is C21H25N5O3S. The normalized spacial score (nSPS) is 20.0. The molecule has 1 aromatic carbocycles. The van der Waals surface area contributed by atoms with E-state index in [-0.39, 0.29) is 11.8 Å². The maximum Gasteiger partial charge on any atom is 0.227 e. The van der Waals surface area contributed by atoms with Gasteiger partial charge < -0.3 is 19.3 Å². The summed E-state index contributed by atoms with van der Waals surface area (Å²) >= 11 is 1.57. The molecule has 2 saturated heterocycles. The number of imidazole rings is 1. The van der Waals surface area contributed by atoms with Gasteiger partial charge in [-0.1, -0.05) is 11.3 Å². The van der Waals surface area contributed by atoms with E-state index in [1.165, 1.54) is 0 Å². The summed E-state index contributed by atoms with van der Waals surface area (Å²) in [6.45, 7) is 4.33. The molecule has 0 aliphatic carbocycles. The van der Waals surface area contributed by atoms with Gasteiger partial charge in [0.25, 0.3) is 0 Å². The lowest BCUT2D eigenvalue weighted by molar-refractivity contribution is -0.139. The van der Waals surface area contributed by atoms with Crippen LogP contribution in [0.2, 0.25) is 0 Å². The number of nitrogens with zero attached hydrogens (tertiary/aromatic N) is 5. The van der Waals surface area contributed by atoms with Gasteiger partial charge in [0.05, 0.1) is 38.1 Å². The van der Waals surface area contributed by atoms with Crippen LogP contribution in [0.15, 0.2) is 30.5 Å². The molecule has 3 aromatic rings. The van der Waals surface area contributed by atoms with Crippen LogP contribution in [0.25, 0.3) is 16.2 Å². The first-order chi connectivity index (χ1) is 14.7. The van der Waals surface area contributed by atoms with Gasteiger partial charge in [-0.2, -0.15) is 0 Å². The van der Waals surface area contributed by atoms with E-state index >= 15 is 0 Å². The van der Waals surface area contributed by atoms with E-state index < -0.39 is 0 Å². The van der Waals surface area contributed by atoms with Crippen molar-refractivity contribution in [1.82, 2.24) is 19.5 Å². The predicted octanol–water partition coefficient (Wildman–Crippen LogP) is 2.54. The fourth-order valence-corrected chi connectivity index (χ4v) is 5.03. The lowest BCUT2D eigenvalue weighted by Gasteiger charge is -2.35. The number of hydrogen-bond donors (Lipinski definition) is 0. The van der Waals surface area contributed by atoms with Gasteiger partial charge in [0.1, 0.15) is 5.75 Å². The van der Waals surface area contributed by atoms with Crippen molar-refractivity contribution in [2.45, 2.75) is 12.8 Å². The number of hydrogen-bond acceptors (Lipinski definition) is 7. The summed E-state index contributed by atoms with van der Waals surface area (Å²) in [6, 6.07) is 7.86. The summed E-state index contributed by atoms with van der Waals surface area (Å²) in [5, 5.41) is 5.68. The number of aromatic nitrogens is 3. The second-order valence-corrected chi connectivity index (χ2v) is 8.62. The molecule has 8 nitrogen and oxygen atoms in total. The van der Waals surface area contributed by atoms with Gasteiger partial charge in [-0.15, -0.1) is 5.10 Å². The van der Waals surface area contributed by atoms with Crippen LogP contribution < -0.4 is 9.64 Å². The van der Waals surface area contributed by atoms with Crippen molar-refractivity contribution in [2.75, 3.05) is 51.4 Å². The minimum absolute atomic E-state index is 0.0305. The first-order valence-electron chi connectivity index (χ1n) is 10.3. The minimum Gasteiger partial charge on any atom is -0.497 e. The van der Waals surface area contributed by atoms with E-state index in [0.717, 1.165) is 53.0 Å². The third-order valence-corrected chi connectivity index (χ3v) is 6.77. The second-order valence-electron chi connectivity index (χ2n) is 7.69. The fourth-order valence-electron chi connectivity index (χ4n) is 4.11. The summed E-state index contributed by atoms with van der Waals surface area (Å²) in [6.07, 6.45) is 3.90. The monoisotopic (exact) mass is 427 g/mol. The zero-order chi connectivity index (χ0) is 20.5. The number of carbonyl (C=O) groups is 1. The number of anilines is 1. The Balaban J connectivity index is 1.30. The highest BCUT2D eigenvalue weighted by Crippen LogP contribution is 2.30. The molecule has 158 valence electrons. The van der Waals surface area contributed by atoms with Crippen LogP contribution in [-0.4, -0.2) is 71.9 Å². The number of morpholine rings is 1. The number of rotatable bonds is 4. The predicted molar refractivity (Wildman–Crippen MR) is 115 cm³/mol. The molecule has 4 heterocycles. The Morgan fingerprint density at radius 2 is 2.00 bits per heavy atom. The van der Waals surface area contributed by atoms with Gasteiger partial charge >= 0.3 is 0 Å². The van der Waals surface area contributed by atoms with Crippen molar-refractivity contribution in [3.8, 4) is 17.0 Å². The molecule has 1 amide bonds. The molecular weight excluding hydrogens is 402 g/mol. The molecule has 0 saturated carbocycles. The molecule has 0 spiro atoms. The Morgan fingerprint density at radius 3 is 2.73 bits per heavy atom. The van der Waals surface area contributed by atoms with Gasteiger partial charge in [0.2, 0.25) is 16.0 Å². The fraction of sp³-hybridized carbons (Fsp3) is 0.476. The van der Waals surface area contributed by atoms with E-state index in [4.69, 9.17) is 19.6 Å². The highest BCUT2D eigenvalue weighted by molar-refractivity contribution is 7.20. The van der Waals surface area contributed by atoms with Gasteiger partial charge in [0.15, 0.2) is 0 Å². The largest absolute Gasteiger partial charge is 0.497 e. The van der Waals surface area contributed by atoms with Crippen molar-refractivity contribution in [3.05, 3.63) is 30.5 Å². The van der Waals surface area contributed by atoms with Crippen LogP contribution in [0.5, 0.6) is 5.75 Å². The molecule has 0 N–H and O–H groups in total. The van der Waals surface area contributed by atoms with Crippen molar-refractivity contribution >= 4 is 27.3 Å². The van der Waals surface area contributed by atoms with Gasteiger partial charge in [-0.3, -0.25) is 4.79 Å². The summed E-state index contributed by atoms with van der Waals surface area (Å²) in [5.74, 6) is 1.11. The lowest BCUT2D eigenvalue weighted by atomic mass is 9.96. The second kappa shape index (κ2) is 8.23. The van der Waals surface area contributed by atoms with Crippen LogP contribution in [0.4, 0.5) is 5.13 Å². The third kappa shape index (κ3) is 3.75. The molecule has 1 unspecified atom stereocenters. The number of benzene rings is 1. The maximum absolute atomic E-state index is 12.9. The van der Waals surface area contributed by atoms with Gasteiger partial charge in [-0.25, -0.2) is 9.50 Å². The molecule has 0 bridgehead atoms. The van der Waals surface area contributed by atoms with Crippen LogP contribution in [0.3, 0.4) is 0 Å². The van der Waals surface area contributed by atoms with E-state index in [2.05, 4.69) is 4.90 Å². The number of fused-ring (bicyclic) bond motifs is 1.